The van der Waals surface area contributed by atoms with Crippen molar-refractivity contribution in [2.75, 3.05) is 13.1 Å². The Labute approximate surface area is 145 Å². The SMILES string of the molecule is O=C(NCCc1cccc(Cl)c1)NCCc1nc2ccccc2[nH]1. The number of halogens is 1. The van der Waals surface area contributed by atoms with E-state index in [0.717, 1.165) is 28.8 Å². The van der Waals surface area contributed by atoms with Crippen molar-refractivity contribution in [3.05, 3.63) is 64.9 Å². The molecule has 0 aliphatic rings. The Morgan fingerprint density at radius 1 is 1.04 bits per heavy atom. The van der Waals surface area contributed by atoms with Crippen molar-refractivity contribution < 1.29 is 4.79 Å². The molecule has 0 fully saturated rings. The Morgan fingerprint density at radius 2 is 1.83 bits per heavy atom. The Balaban J connectivity index is 1.38. The monoisotopic (exact) mass is 342 g/mol. The van der Waals surface area contributed by atoms with Gasteiger partial charge in [0, 0.05) is 24.5 Å². The number of benzene rings is 2. The first kappa shape index (κ1) is 16.3. The van der Waals surface area contributed by atoms with Gasteiger partial charge in [-0.2, -0.15) is 0 Å². The number of carbonyl (C=O) groups excluding carboxylic acids is 1. The average molecular weight is 343 g/mol. The molecule has 2 aromatic carbocycles. The fraction of sp³-hybridized carbons (Fsp3) is 0.222. The molecule has 5 nitrogen and oxygen atoms in total. The van der Waals surface area contributed by atoms with Crippen LogP contribution in [0.4, 0.5) is 4.79 Å². The third kappa shape index (κ3) is 4.49. The van der Waals surface area contributed by atoms with Gasteiger partial charge >= 0.3 is 6.03 Å². The second-order valence-corrected chi connectivity index (χ2v) is 5.95. The lowest BCUT2D eigenvalue weighted by Gasteiger charge is -2.07. The molecular weight excluding hydrogens is 324 g/mol. The summed E-state index contributed by atoms with van der Waals surface area (Å²) in [7, 11) is 0. The second-order valence-electron chi connectivity index (χ2n) is 5.51. The Bertz CT molecular complexity index is 798. The molecule has 1 aromatic heterocycles. The first-order valence-corrected chi connectivity index (χ1v) is 8.28. The third-order valence-electron chi connectivity index (χ3n) is 3.67. The predicted molar refractivity (Wildman–Crippen MR) is 96.4 cm³/mol. The highest BCUT2D eigenvalue weighted by Gasteiger charge is 2.04. The van der Waals surface area contributed by atoms with E-state index in [1.807, 2.05) is 48.5 Å². The van der Waals surface area contributed by atoms with Crippen LogP contribution >= 0.6 is 11.6 Å². The van der Waals surface area contributed by atoms with Crippen molar-refractivity contribution >= 4 is 28.7 Å². The van der Waals surface area contributed by atoms with Gasteiger partial charge in [0.05, 0.1) is 11.0 Å². The van der Waals surface area contributed by atoms with Crippen molar-refractivity contribution in [2.45, 2.75) is 12.8 Å². The molecule has 0 unspecified atom stereocenters. The molecule has 2 amide bonds. The van der Waals surface area contributed by atoms with Crippen LogP contribution in [-0.2, 0) is 12.8 Å². The molecule has 0 radical (unpaired) electrons. The van der Waals surface area contributed by atoms with E-state index in [4.69, 9.17) is 11.6 Å². The molecule has 6 heteroatoms. The van der Waals surface area contributed by atoms with E-state index in [1.165, 1.54) is 0 Å². The molecule has 24 heavy (non-hydrogen) atoms. The average Bonchev–Trinajstić information content (AvgIpc) is 2.97. The van der Waals surface area contributed by atoms with Crippen LogP contribution in [0.15, 0.2) is 48.5 Å². The molecule has 0 aliphatic carbocycles. The first-order chi connectivity index (χ1) is 11.7. The fourth-order valence-electron chi connectivity index (χ4n) is 2.49. The van der Waals surface area contributed by atoms with E-state index >= 15 is 0 Å². The zero-order chi connectivity index (χ0) is 16.8. The maximum atomic E-state index is 11.8. The van der Waals surface area contributed by atoms with Gasteiger partial charge in [0.15, 0.2) is 0 Å². The van der Waals surface area contributed by atoms with Gasteiger partial charge in [-0.05, 0) is 36.2 Å². The topological polar surface area (TPSA) is 69.8 Å². The Kier molecular flexibility index (Phi) is 5.33. The summed E-state index contributed by atoms with van der Waals surface area (Å²) in [5, 5.41) is 6.39. The summed E-state index contributed by atoms with van der Waals surface area (Å²) in [5.74, 6) is 0.871. The standard InChI is InChI=1S/C18H19ClN4O/c19-14-5-3-4-13(12-14)8-10-20-18(24)21-11-9-17-22-15-6-1-2-7-16(15)23-17/h1-7,12H,8-11H2,(H,22,23)(H2,20,21,24). The number of amides is 2. The minimum atomic E-state index is -0.173. The van der Waals surface area contributed by atoms with Crippen LogP contribution in [0.3, 0.4) is 0 Å². The number of rotatable bonds is 6. The number of carbonyl (C=O) groups is 1. The predicted octanol–water partition coefficient (Wildman–Crippen LogP) is 3.30. The normalized spacial score (nSPS) is 10.7. The van der Waals surface area contributed by atoms with Gasteiger partial charge in [0.1, 0.15) is 5.82 Å². The molecule has 3 N–H and O–H groups in total. The molecule has 0 spiro atoms. The number of urea groups is 1. The number of hydrogen-bond acceptors (Lipinski definition) is 2. The molecule has 3 rings (SSSR count). The summed E-state index contributed by atoms with van der Waals surface area (Å²) < 4.78 is 0. The summed E-state index contributed by atoms with van der Waals surface area (Å²) in [5.41, 5.74) is 3.06. The summed E-state index contributed by atoms with van der Waals surface area (Å²) in [6.45, 7) is 1.10. The highest BCUT2D eigenvalue weighted by molar-refractivity contribution is 6.30. The number of nitrogens with zero attached hydrogens (tertiary/aromatic N) is 1. The van der Waals surface area contributed by atoms with Crippen molar-refractivity contribution in [3.8, 4) is 0 Å². The van der Waals surface area contributed by atoms with Crippen LogP contribution in [0.1, 0.15) is 11.4 Å². The van der Waals surface area contributed by atoms with Crippen LogP contribution < -0.4 is 10.6 Å². The van der Waals surface area contributed by atoms with Crippen molar-refractivity contribution in [1.82, 2.24) is 20.6 Å². The Hall–Kier alpha value is -2.53. The zero-order valence-electron chi connectivity index (χ0n) is 13.2. The van der Waals surface area contributed by atoms with Gasteiger partial charge in [-0.25, -0.2) is 9.78 Å². The largest absolute Gasteiger partial charge is 0.342 e. The molecule has 0 bridgehead atoms. The number of aromatic nitrogens is 2. The van der Waals surface area contributed by atoms with Gasteiger partial charge < -0.3 is 15.6 Å². The lowest BCUT2D eigenvalue weighted by atomic mass is 10.1. The van der Waals surface area contributed by atoms with E-state index < -0.39 is 0 Å². The molecule has 0 aliphatic heterocycles. The van der Waals surface area contributed by atoms with Gasteiger partial charge in [-0.15, -0.1) is 0 Å². The minimum absolute atomic E-state index is 0.173. The number of hydrogen-bond donors (Lipinski definition) is 3. The molecule has 0 atom stereocenters. The Morgan fingerprint density at radius 3 is 2.62 bits per heavy atom. The number of nitrogens with one attached hydrogen (secondary N) is 3. The van der Waals surface area contributed by atoms with E-state index in [1.54, 1.807) is 0 Å². The summed E-state index contributed by atoms with van der Waals surface area (Å²) in [4.78, 5) is 19.5. The number of imidazole rings is 1. The van der Waals surface area contributed by atoms with Gasteiger partial charge in [-0.3, -0.25) is 0 Å². The van der Waals surface area contributed by atoms with Crippen molar-refractivity contribution in [2.24, 2.45) is 0 Å². The highest BCUT2D eigenvalue weighted by Crippen LogP contribution is 2.11. The molecule has 124 valence electrons. The first-order valence-electron chi connectivity index (χ1n) is 7.90. The van der Waals surface area contributed by atoms with E-state index in [-0.39, 0.29) is 6.03 Å². The van der Waals surface area contributed by atoms with Crippen molar-refractivity contribution in [1.29, 1.82) is 0 Å². The van der Waals surface area contributed by atoms with Crippen LogP contribution in [0.25, 0.3) is 11.0 Å². The van der Waals surface area contributed by atoms with Crippen LogP contribution in [0.5, 0.6) is 0 Å². The van der Waals surface area contributed by atoms with Crippen molar-refractivity contribution in [3.63, 3.8) is 0 Å². The summed E-state index contributed by atoms with van der Waals surface area (Å²) >= 11 is 5.93. The molecule has 3 aromatic rings. The number of aromatic amines is 1. The van der Waals surface area contributed by atoms with Gasteiger partial charge in [-0.1, -0.05) is 35.9 Å². The lowest BCUT2D eigenvalue weighted by molar-refractivity contribution is 0.241. The third-order valence-corrected chi connectivity index (χ3v) is 3.91. The lowest BCUT2D eigenvalue weighted by Crippen LogP contribution is -2.37. The highest BCUT2D eigenvalue weighted by atomic mass is 35.5. The van der Waals surface area contributed by atoms with E-state index in [0.29, 0.717) is 24.5 Å². The second kappa shape index (κ2) is 7.84. The number of para-hydroxylation sites is 2. The molecular formula is C18H19ClN4O. The minimum Gasteiger partial charge on any atom is -0.342 e. The molecule has 1 heterocycles. The summed E-state index contributed by atoms with van der Waals surface area (Å²) in [6, 6.07) is 15.3. The maximum absolute atomic E-state index is 11.8. The fourth-order valence-corrected chi connectivity index (χ4v) is 2.71. The number of H-pyrrole nitrogens is 1. The van der Waals surface area contributed by atoms with Crippen LogP contribution in [0, 0.1) is 0 Å². The maximum Gasteiger partial charge on any atom is 0.314 e. The summed E-state index contributed by atoms with van der Waals surface area (Å²) in [6.07, 6.45) is 1.41. The van der Waals surface area contributed by atoms with Gasteiger partial charge in [0.25, 0.3) is 0 Å². The van der Waals surface area contributed by atoms with Crippen LogP contribution in [-0.4, -0.2) is 29.1 Å². The zero-order valence-corrected chi connectivity index (χ0v) is 13.9. The number of fused-ring (bicyclic) bond motifs is 1. The van der Waals surface area contributed by atoms with E-state index in [9.17, 15) is 4.79 Å². The molecule has 0 saturated carbocycles. The smallest absolute Gasteiger partial charge is 0.314 e. The van der Waals surface area contributed by atoms with E-state index in [2.05, 4.69) is 20.6 Å². The van der Waals surface area contributed by atoms with Crippen LogP contribution in [0.2, 0.25) is 5.02 Å². The molecule has 0 saturated heterocycles. The quantitative estimate of drug-likeness (QED) is 0.643. The van der Waals surface area contributed by atoms with Gasteiger partial charge in [0.2, 0.25) is 0 Å².